The molecule has 0 spiro atoms. The minimum Gasteiger partial charge on any atom is -0.493 e. The zero-order valence-corrected chi connectivity index (χ0v) is 20.3. The molecule has 168 valence electrons. The summed E-state index contributed by atoms with van der Waals surface area (Å²) in [5.74, 6) is 0.310. The molecule has 0 bridgehead atoms. The normalized spacial score (nSPS) is 14.8. The maximum atomic E-state index is 12.8. The van der Waals surface area contributed by atoms with Gasteiger partial charge in [-0.2, -0.15) is 0 Å². The zero-order valence-electron chi connectivity index (χ0n) is 17.2. The number of anilines is 1. The molecule has 0 atom stereocenters. The van der Waals surface area contributed by atoms with Gasteiger partial charge in [-0.15, -0.1) is 0 Å². The summed E-state index contributed by atoms with van der Waals surface area (Å²) in [6.45, 7) is 0.154. The first-order valence-electron chi connectivity index (χ1n) is 9.64. The zero-order chi connectivity index (χ0) is 23.5. The predicted octanol–water partition coefficient (Wildman–Crippen LogP) is 7.48. The van der Waals surface area contributed by atoms with E-state index in [0.29, 0.717) is 32.8 Å². The summed E-state index contributed by atoms with van der Waals surface area (Å²) in [7, 11) is 1.49. The Kier molecular flexibility index (Phi) is 7.20. The number of ether oxygens (including phenoxy) is 2. The van der Waals surface area contributed by atoms with Crippen molar-refractivity contribution >= 4 is 69.5 Å². The lowest BCUT2D eigenvalue weighted by Gasteiger charge is -2.14. The van der Waals surface area contributed by atoms with E-state index in [4.69, 9.17) is 44.3 Å². The maximum absolute atomic E-state index is 12.8. The molecule has 0 aliphatic carbocycles. The van der Waals surface area contributed by atoms with Gasteiger partial charge in [0.05, 0.1) is 22.7 Å². The molecular weight excluding hydrogens is 505 g/mol. The largest absolute Gasteiger partial charge is 0.493 e. The van der Waals surface area contributed by atoms with E-state index in [9.17, 15) is 9.59 Å². The van der Waals surface area contributed by atoms with Crippen LogP contribution in [0.1, 0.15) is 11.1 Å². The van der Waals surface area contributed by atoms with Crippen LogP contribution < -0.4 is 14.4 Å². The number of halogens is 3. The van der Waals surface area contributed by atoms with Gasteiger partial charge in [-0.05, 0) is 59.8 Å². The van der Waals surface area contributed by atoms with Crippen LogP contribution in [0.4, 0.5) is 10.5 Å². The molecule has 33 heavy (non-hydrogen) atoms. The lowest BCUT2D eigenvalue weighted by molar-refractivity contribution is -0.113. The van der Waals surface area contributed by atoms with Gasteiger partial charge in [-0.25, -0.2) is 4.90 Å². The van der Waals surface area contributed by atoms with Crippen molar-refractivity contribution in [3.8, 4) is 11.5 Å². The quantitative estimate of drug-likeness (QED) is 0.315. The van der Waals surface area contributed by atoms with Crippen LogP contribution in [0.5, 0.6) is 11.5 Å². The number of methoxy groups -OCH3 is 1. The van der Waals surface area contributed by atoms with Crippen molar-refractivity contribution in [2.24, 2.45) is 0 Å². The number of benzene rings is 3. The van der Waals surface area contributed by atoms with Crippen molar-refractivity contribution in [2.75, 3.05) is 12.0 Å². The number of carbonyl (C=O) groups is 2. The summed E-state index contributed by atoms with van der Waals surface area (Å²) in [5.41, 5.74) is 1.84. The Balaban J connectivity index is 1.58. The summed E-state index contributed by atoms with van der Waals surface area (Å²) in [4.78, 5) is 26.7. The number of hydrogen-bond acceptors (Lipinski definition) is 5. The minimum atomic E-state index is -0.399. The third-order valence-corrected chi connectivity index (χ3v) is 6.48. The first-order valence-corrected chi connectivity index (χ1v) is 11.6. The Hall–Kier alpha value is -2.64. The van der Waals surface area contributed by atoms with E-state index in [-0.39, 0.29) is 21.8 Å². The van der Waals surface area contributed by atoms with Gasteiger partial charge in [0.1, 0.15) is 6.61 Å². The van der Waals surface area contributed by atoms with Crippen molar-refractivity contribution in [1.82, 2.24) is 0 Å². The first-order chi connectivity index (χ1) is 15.9. The number of nitrogens with zero attached hydrogens (tertiary/aromatic N) is 1. The molecule has 9 heteroatoms. The van der Waals surface area contributed by atoms with Crippen LogP contribution >= 0.6 is 46.6 Å². The second kappa shape index (κ2) is 10.1. The second-order valence-electron chi connectivity index (χ2n) is 6.91. The van der Waals surface area contributed by atoms with E-state index in [1.165, 1.54) is 7.11 Å². The van der Waals surface area contributed by atoms with Gasteiger partial charge >= 0.3 is 0 Å². The van der Waals surface area contributed by atoms with Gasteiger partial charge < -0.3 is 9.47 Å². The van der Waals surface area contributed by atoms with Crippen LogP contribution in [0.3, 0.4) is 0 Å². The predicted molar refractivity (Wildman–Crippen MR) is 134 cm³/mol. The molecule has 1 fully saturated rings. The highest BCUT2D eigenvalue weighted by molar-refractivity contribution is 8.19. The van der Waals surface area contributed by atoms with E-state index in [0.717, 1.165) is 22.2 Å². The van der Waals surface area contributed by atoms with Crippen molar-refractivity contribution < 1.29 is 19.1 Å². The lowest BCUT2D eigenvalue weighted by atomic mass is 10.1. The first kappa shape index (κ1) is 23.5. The van der Waals surface area contributed by atoms with Crippen LogP contribution in [0, 0.1) is 0 Å². The molecule has 3 aromatic carbocycles. The summed E-state index contributed by atoms with van der Waals surface area (Å²) in [5, 5.41) is 0.923. The number of carbonyl (C=O) groups excluding carboxylic acids is 2. The molecule has 4 rings (SSSR count). The summed E-state index contributed by atoms with van der Waals surface area (Å²) in [6, 6.07) is 17.2. The number of hydrogen-bond donors (Lipinski definition) is 0. The van der Waals surface area contributed by atoms with Gasteiger partial charge in [-0.3, -0.25) is 9.59 Å². The maximum Gasteiger partial charge on any atom is 0.298 e. The Labute approximate surface area is 209 Å². The van der Waals surface area contributed by atoms with Crippen LogP contribution in [-0.4, -0.2) is 18.3 Å². The molecule has 0 N–H and O–H groups in total. The van der Waals surface area contributed by atoms with Crippen LogP contribution in [0.15, 0.2) is 65.6 Å². The van der Waals surface area contributed by atoms with Gasteiger partial charge in [0.15, 0.2) is 11.5 Å². The molecule has 0 saturated carbocycles. The fourth-order valence-electron chi connectivity index (χ4n) is 3.17. The highest BCUT2D eigenvalue weighted by Crippen LogP contribution is 2.40. The van der Waals surface area contributed by atoms with Gasteiger partial charge in [-0.1, -0.05) is 59.1 Å². The Bertz CT molecular complexity index is 1260. The second-order valence-corrected chi connectivity index (χ2v) is 9.16. The van der Waals surface area contributed by atoms with E-state index < -0.39 is 5.91 Å². The molecule has 3 aromatic rings. The van der Waals surface area contributed by atoms with Gasteiger partial charge in [0.25, 0.3) is 11.1 Å². The average molecular weight is 521 g/mol. The van der Waals surface area contributed by atoms with Gasteiger partial charge in [0, 0.05) is 15.6 Å². The molecule has 0 aromatic heterocycles. The van der Waals surface area contributed by atoms with E-state index in [2.05, 4.69) is 0 Å². The monoisotopic (exact) mass is 519 g/mol. The van der Waals surface area contributed by atoms with Crippen molar-refractivity contribution in [1.29, 1.82) is 0 Å². The summed E-state index contributed by atoms with van der Waals surface area (Å²) in [6.07, 6.45) is 1.60. The molecule has 1 heterocycles. The fraction of sp³-hybridized carbons (Fsp3) is 0.0833. The molecule has 0 radical (unpaired) electrons. The molecule has 0 unspecified atom stereocenters. The third-order valence-electron chi connectivity index (χ3n) is 4.74. The number of rotatable bonds is 6. The Morgan fingerprint density at radius 3 is 2.42 bits per heavy atom. The Morgan fingerprint density at radius 2 is 1.73 bits per heavy atom. The molecule has 2 amide bonds. The summed E-state index contributed by atoms with van der Waals surface area (Å²) >= 11 is 19.5. The topological polar surface area (TPSA) is 55.8 Å². The summed E-state index contributed by atoms with van der Waals surface area (Å²) < 4.78 is 11.3. The van der Waals surface area contributed by atoms with E-state index in [1.807, 2.05) is 6.07 Å². The third kappa shape index (κ3) is 5.14. The highest BCUT2D eigenvalue weighted by Gasteiger charge is 2.36. The fourth-order valence-corrected chi connectivity index (χ4v) is 4.75. The van der Waals surface area contributed by atoms with Crippen molar-refractivity contribution in [3.05, 3.63) is 91.8 Å². The van der Waals surface area contributed by atoms with E-state index in [1.54, 1.807) is 60.7 Å². The van der Waals surface area contributed by atoms with E-state index >= 15 is 0 Å². The van der Waals surface area contributed by atoms with Gasteiger partial charge in [0.2, 0.25) is 0 Å². The standard InChI is InChI=1S/C24H16Cl3NO4S/c1-31-20-10-14(9-19(27)22(20)32-13-15-7-8-16(25)12-18(15)26)11-21-23(29)28(24(30)33-21)17-5-3-2-4-6-17/h2-12H,13H2,1H3/b21-11-. The molecule has 1 aliphatic heterocycles. The molecule has 1 saturated heterocycles. The molecule has 1 aliphatic rings. The van der Waals surface area contributed by atoms with Crippen molar-refractivity contribution in [3.63, 3.8) is 0 Å². The smallest absolute Gasteiger partial charge is 0.298 e. The lowest BCUT2D eigenvalue weighted by Crippen LogP contribution is -2.27. The van der Waals surface area contributed by atoms with Crippen LogP contribution in [0.2, 0.25) is 15.1 Å². The highest BCUT2D eigenvalue weighted by atomic mass is 35.5. The van der Waals surface area contributed by atoms with Crippen LogP contribution in [0.25, 0.3) is 6.08 Å². The average Bonchev–Trinajstić information content (AvgIpc) is 3.07. The van der Waals surface area contributed by atoms with Crippen LogP contribution in [-0.2, 0) is 11.4 Å². The Morgan fingerprint density at radius 1 is 0.970 bits per heavy atom. The number of amides is 2. The number of imide groups is 1. The minimum absolute atomic E-state index is 0.154. The molecule has 5 nitrogen and oxygen atoms in total. The van der Waals surface area contributed by atoms with Crippen molar-refractivity contribution in [2.45, 2.75) is 6.61 Å². The number of thioether (sulfide) groups is 1. The number of para-hydroxylation sites is 1. The molecular formula is C24H16Cl3NO4S. The SMILES string of the molecule is COc1cc(/C=C2\SC(=O)N(c3ccccc3)C2=O)cc(Cl)c1OCc1ccc(Cl)cc1Cl.